The Kier molecular flexibility index (Phi) is 13.8. The molecule has 2 saturated carbocycles. The second kappa shape index (κ2) is 19.7. The number of carbonyl (C=O) groups excluding carboxylic acids is 2. The van der Waals surface area contributed by atoms with Crippen molar-refractivity contribution in [1.29, 1.82) is 0 Å². The zero-order chi connectivity index (χ0) is 48.3. The summed E-state index contributed by atoms with van der Waals surface area (Å²) in [5.74, 6) is 0.484. The topological polar surface area (TPSA) is 164 Å². The highest BCUT2D eigenvalue weighted by molar-refractivity contribution is 9.10. The number of alkyl halides is 6. The summed E-state index contributed by atoms with van der Waals surface area (Å²) in [6, 6.07) is 21.8. The molecule has 0 unspecified atom stereocenters. The quantitative estimate of drug-likeness (QED) is 0.0625. The molecule has 0 atom stereocenters. The molecule has 7 aromatic rings. The number of fused-ring (bicyclic) bond motifs is 2. The van der Waals surface area contributed by atoms with Gasteiger partial charge in [0.15, 0.2) is 17.0 Å². The van der Waals surface area contributed by atoms with Gasteiger partial charge in [-0.15, -0.1) is 5.10 Å². The molecule has 0 bridgehead atoms. The van der Waals surface area contributed by atoms with Crippen LogP contribution in [-0.4, -0.2) is 85.6 Å². The van der Waals surface area contributed by atoms with E-state index in [-0.39, 0.29) is 42.9 Å². The van der Waals surface area contributed by atoms with E-state index in [0.29, 0.717) is 55.5 Å². The Bertz CT molecular complexity index is 2980. The number of benzene rings is 3. The monoisotopic (exact) mass is 1010 g/mol. The smallest absolute Gasteiger partial charge is 0.390 e. The summed E-state index contributed by atoms with van der Waals surface area (Å²) in [7, 11) is 1.76. The summed E-state index contributed by atoms with van der Waals surface area (Å²) in [5.41, 5.74) is 7.92. The molecule has 356 valence electrons. The van der Waals surface area contributed by atoms with Crippen molar-refractivity contribution in [3.63, 3.8) is 0 Å². The Morgan fingerprint density at radius 1 is 0.676 bits per heavy atom. The Hall–Kier alpha value is -6.90. The molecule has 2 amide bonds. The third-order valence-corrected chi connectivity index (χ3v) is 11.4. The minimum Gasteiger partial charge on any atom is -0.435 e. The first-order valence-electron chi connectivity index (χ1n) is 21.8. The fourth-order valence-corrected chi connectivity index (χ4v) is 7.67. The Labute approximate surface area is 394 Å². The standard InChI is InChI=1S/C27H27F3N6O2.C20H19BrF3N5O/c1-16-13-17(7-10-19(16)26(37)34-18-8-9-18)22-15-33-25-21(32-12-11-27(28,29)30)14-24(35-36(22)25)38-23-6-4-3-5-20(23)31-2;1-11-8-12(2-5-14(11)19(30)27-13-3-4-13)16-10-26-18-15(9-17(21)28-29(16)18)25-7-6-20(22,23)24/h3-7,10,13-15,18,31-32H,8-9,11-12H2,1-2H3,(H,34,37);2,5,8-10,13,25H,3-4,6-7H2,1H3,(H,27,30). The van der Waals surface area contributed by atoms with Gasteiger partial charge in [-0.2, -0.15) is 31.4 Å². The maximum absolute atomic E-state index is 12.8. The zero-order valence-electron chi connectivity index (χ0n) is 36.9. The number of amides is 2. The maximum atomic E-state index is 12.8. The van der Waals surface area contributed by atoms with Gasteiger partial charge in [-0.25, -0.2) is 19.0 Å². The van der Waals surface area contributed by atoms with E-state index in [2.05, 4.69) is 62.7 Å². The van der Waals surface area contributed by atoms with Gasteiger partial charge in [0.1, 0.15) is 4.60 Å². The van der Waals surface area contributed by atoms with E-state index >= 15 is 0 Å². The molecule has 0 radical (unpaired) electrons. The molecule has 0 saturated heterocycles. The first kappa shape index (κ1) is 47.6. The minimum absolute atomic E-state index is 0.0864. The van der Waals surface area contributed by atoms with E-state index in [9.17, 15) is 35.9 Å². The number of para-hydroxylation sites is 2. The molecule has 21 heteroatoms. The summed E-state index contributed by atoms with van der Waals surface area (Å²) in [4.78, 5) is 33.7. The Morgan fingerprint density at radius 2 is 1.16 bits per heavy atom. The van der Waals surface area contributed by atoms with Crippen LogP contribution in [0.5, 0.6) is 11.6 Å². The highest BCUT2D eigenvalue weighted by Gasteiger charge is 2.29. The van der Waals surface area contributed by atoms with Crippen molar-refractivity contribution in [2.24, 2.45) is 0 Å². The molecule has 5 N–H and O–H groups in total. The normalized spacial score (nSPS) is 13.7. The molecule has 9 rings (SSSR count). The summed E-state index contributed by atoms with van der Waals surface area (Å²) in [6.45, 7) is 3.13. The van der Waals surface area contributed by atoms with Crippen molar-refractivity contribution >= 4 is 56.1 Å². The second-order valence-electron chi connectivity index (χ2n) is 16.5. The van der Waals surface area contributed by atoms with E-state index < -0.39 is 25.2 Å². The van der Waals surface area contributed by atoms with E-state index in [1.807, 2.05) is 50.2 Å². The lowest BCUT2D eigenvalue weighted by molar-refractivity contribution is -0.132. The van der Waals surface area contributed by atoms with Gasteiger partial charge in [0.05, 0.1) is 53.7 Å². The average Bonchev–Trinajstić information content (AvgIpc) is 4.19. The highest BCUT2D eigenvalue weighted by Crippen LogP contribution is 2.34. The number of anilines is 3. The van der Waals surface area contributed by atoms with Crippen LogP contribution in [0.2, 0.25) is 0 Å². The molecule has 2 aliphatic carbocycles. The number of hydrogen-bond donors (Lipinski definition) is 5. The highest BCUT2D eigenvalue weighted by atomic mass is 79.9. The molecule has 68 heavy (non-hydrogen) atoms. The summed E-state index contributed by atoms with van der Waals surface area (Å²) < 4.78 is 85.4. The van der Waals surface area contributed by atoms with Gasteiger partial charge in [0.25, 0.3) is 11.8 Å². The number of hydrogen-bond acceptors (Lipinski definition) is 10. The van der Waals surface area contributed by atoms with Crippen LogP contribution in [0.25, 0.3) is 33.8 Å². The molecular formula is C47H46BrF6N11O3. The number of imidazole rings is 2. The van der Waals surface area contributed by atoms with E-state index in [1.54, 1.807) is 54.3 Å². The lowest BCUT2D eigenvalue weighted by Gasteiger charge is -2.14. The predicted molar refractivity (Wildman–Crippen MR) is 249 cm³/mol. The van der Waals surface area contributed by atoms with Gasteiger partial charge in [-0.05, 0) is 109 Å². The van der Waals surface area contributed by atoms with Crippen LogP contribution in [0.4, 0.5) is 43.4 Å². The number of carbonyl (C=O) groups is 2. The molecule has 14 nitrogen and oxygen atoms in total. The maximum Gasteiger partial charge on any atom is 0.390 e. The van der Waals surface area contributed by atoms with Gasteiger partial charge in [-0.3, -0.25) is 9.59 Å². The molecule has 4 heterocycles. The molecule has 2 fully saturated rings. The number of nitrogens with zero attached hydrogens (tertiary/aromatic N) is 6. The molecular weight excluding hydrogens is 960 g/mol. The number of ether oxygens (including phenoxy) is 1. The lowest BCUT2D eigenvalue weighted by atomic mass is 10.0. The number of aromatic nitrogens is 6. The molecule has 2 aliphatic rings. The SMILES string of the molecule is CNc1ccccc1Oc1cc(NCCC(F)(F)F)c2ncc(-c3ccc(C(=O)NC4CC4)c(C)c3)n2n1.Cc1cc(-c2cnc3c(NCCC(F)(F)F)cc(Br)nn23)ccc1C(=O)NC1CC1. The van der Waals surface area contributed by atoms with Gasteiger partial charge in [-0.1, -0.05) is 24.3 Å². The third kappa shape index (κ3) is 11.8. The molecule has 4 aromatic heterocycles. The zero-order valence-corrected chi connectivity index (χ0v) is 38.5. The summed E-state index contributed by atoms with van der Waals surface area (Å²) in [5, 5.41) is 23.6. The van der Waals surface area contributed by atoms with E-state index in [1.165, 1.54) is 10.6 Å². The number of aryl methyl sites for hydroxylation is 2. The van der Waals surface area contributed by atoms with E-state index in [0.717, 1.165) is 53.6 Å². The minimum atomic E-state index is -4.30. The fraction of sp³-hybridized carbons (Fsp3) is 0.319. The van der Waals surface area contributed by atoms with Crippen molar-refractivity contribution in [3.05, 3.63) is 112 Å². The number of halogens is 7. The third-order valence-electron chi connectivity index (χ3n) is 11.1. The van der Waals surface area contributed by atoms with Crippen LogP contribution >= 0.6 is 15.9 Å². The van der Waals surface area contributed by atoms with Crippen molar-refractivity contribution in [2.45, 2.75) is 76.8 Å². The van der Waals surface area contributed by atoms with Crippen LogP contribution in [0, 0.1) is 13.8 Å². The predicted octanol–water partition coefficient (Wildman–Crippen LogP) is 10.5. The molecule has 3 aromatic carbocycles. The van der Waals surface area contributed by atoms with Gasteiger partial charge in [0.2, 0.25) is 5.88 Å². The number of rotatable bonds is 15. The van der Waals surface area contributed by atoms with Crippen LogP contribution in [0.3, 0.4) is 0 Å². The van der Waals surface area contributed by atoms with Crippen molar-refractivity contribution in [2.75, 3.05) is 36.1 Å². The van der Waals surface area contributed by atoms with Gasteiger partial charge in [0, 0.05) is 60.5 Å². The average molecular weight is 1010 g/mol. The van der Waals surface area contributed by atoms with Crippen LogP contribution in [0.15, 0.2) is 89.8 Å². The Morgan fingerprint density at radius 3 is 1.63 bits per heavy atom. The summed E-state index contributed by atoms with van der Waals surface area (Å²) >= 11 is 3.31. The summed E-state index contributed by atoms with van der Waals surface area (Å²) in [6.07, 6.45) is -3.24. The largest absolute Gasteiger partial charge is 0.435 e. The first-order chi connectivity index (χ1) is 32.4. The van der Waals surface area contributed by atoms with Crippen LogP contribution in [0.1, 0.15) is 70.4 Å². The van der Waals surface area contributed by atoms with Gasteiger partial charge < -0.3 is 31.3 Å². The van der Waals surface area contributed by atoms with Crippen molar-refractivity contribution in [1.82, 2.24) is 39.8 Å². The van der Waals surface area contributed by atoms with Crippen LogP contribution in [-0.2, 0) is 0 Å². The molecule has 0 aliphatic heterocycles. The Balaban J connectivity index is 0.000000189. The number of nitrogens with one attached hydrogen (secondary N) is 5. The first-order valence-corrected chi connectivity index (χ1v) is 22.5. The fourth-order valence-electron chi connectivity index (χ4n) is 7.28. The second-order valence-corrected chi connectivity index (χ2v) is 17.3. The lowest BCUT2D eigenvalue weighted by Crippen LogP contribution is -2.26. The van der Waals surface area contributed by atoms with Crippen molar-refractivity contribution < 1.29 is 40.7 Å². The van der Waals surface area contributed by atoms with Crippen molar-refractivity contribution in [3.8, 4) is 34.1 Å². The van der Waals surface area contributed by atoms with Crippen LogP contribution < -0.4 is 31.3 Å². The van der Waals surface area contributed by atoms with E-state index in [4.69, 9.17) is 4.74 Å². The molecule has 0 spiro atoms. The van der Waals surface area contributed by atoms with Gasteiger partial charge >= 0.3 is 12.4 Å².